The molecule has 0 aliphatic carbocycles. The topological polar surface area (TPSA) is 12.0 Å². The second kappa shape index (κ2) is 4.00. The van der Waals surface area contributed by atoms with Gasteiger partial charge in [0.15, 0.2) is 0 Å². The van der Waals surface area contributed by atoms with E-state index >= 15 is 0 Å². The van der Waals surface area contributed by atoms with Gasteiger partial charge in [0.05, 0.1) is 0 Å². The van der Waals surface area contributed by atoms with Crippen LogP contribution in [0.3, 0.4) is 0 Å². The van der Waals surface area contributed by atoms with Gasteiger partial charge in [0, 0.05) is 6.54 Å². The van der Waals surface area contributed by atoms with Crippen LogP contribution in [0.25, 0.3) is 0 Å². The molecule has 1 rings (SSSR count). The minimum Gasteiger partial charge on any atom is -0.316 e. The average molecular weight is 183 g/mol. The highest BCUT2D eigenvalue weighted by molar-refractivity contribution is 4.88. The zero-order valence-electron chi connectivity index (χ0n) is 9.85. The zero-order chi connectivity index (χ0) is 10.1. The third kappa shape index (κ3) is 2.46. The molecule has 1 aliphatic heterocycles. The van der Waals surface area contributed by atoms with Crippen LogP contribution in [0.15, 0.2) is 0 Å². The molecule has 2 atom stereocenters. The van der Waals surface area contributed by atoms with Gasteiger partial charge in [0.2, 0.25) is 0 Å². The van der Waals surface area contributed by atoms with Gasteiger partial charge in [-0.05, 0) is 36.1 Å². The minimum absolute atomic E-state index is 0.488. The molecule has 0 radical (unpaired) electrons. The minimum atomic E-state index is 0.488. The summed E-state index contributed by atoms with van der Waals surface area (Å²) in [6.45, 7) is 14.3. The number of nitrogens with one attached hydrogen (secondary N) is 1. The van der Waals surface area contributed by atoms with Crippen molar-refractivity contribution in [2.24, 2.45) is 23.2 Å². The van der Waals surface area contributed by atoms with Crippen LogP contribution >= 0.6 is 0 Å². The summed E-state index contributed by atoms with van der Waals surface area (Å²) in [5, 5.41) is 3.50. The third-order valence-electron chi connectivity index (χ3n) is 3.90. The summed E-state index contributed by atoms with van der Waals surface area (Å²) < 4.78 is 0. The second-order valence-corrected chi connectivity index (χ2v) is 5.66. The largest absolute Gasteiger partial charge is 0.316 e. The molecular formula is C12H25N. The number of hydrogen-bond donors (Lipinski definition) is 1. The summed E-state index contributed by atoms with van der Waals surface area (Å²) in [6.07, 6.45) is 1.35. The Morgan fingerprint density at radius 1 is 1.23 bits per heavy atom. The van der Waals surface area contributed by atoms with E-state index in [1.54, 1.807) is 0 Å². The van der Waals surface area contributed by atoms with Crippen molar-refractivity contribution in [2.45, 2.75) is 41.0 Å². The Balaban J connectivity index is 2.65. The first-order valence-corrected chi connectivity index (χ1v) is 5.66. The first-order valence-electron chi connectivity index (χ1n) is 5.66. The Labute approximate surface area is 83.3 Å². The number of hydrogen-bond acceptors (Lipinski definition) is 1. The summed E-state index contributed by atoms with van der Waals surface area (Å²) in [6, 6.07) is 0. The summed E-state index contributed by atoms with van der Waals surface area (Å²) in [7, 11) is 0. The summed E-state index contributed by atoms with van der Waals surface area (Å²) in [4.78, 5) is 0. The molecular weight excluding hydrogens is 158 g/mol. The number of piperidine rings is 1. The molecule has 1 heterocycles. The predicted octanol–water partition coefficient (Wildman–Crippen LogP) is 2.91. The van der Waals surface area contributed by atoms with E-state index in [0.29, 0.717) is 5.41 Å². The highest BCUT2D eigenvalue weighted by atomic mass is 14.9. The standard InChI is InChI=1S/C12H25N/c1-9(2)10(3)11-6-7-13-8-12(11,4)5/h9-11,13H,6-8H2,1-5H3. The highest BCUT2D eigenvalue weighted by Gasteiger charge is 2.36. The lowest BCUT2D eigenvalue weighted by molar-refractivity contribution is 0.0809. The van der Waals surface area contributed by atoms with Gasteiger partial charge in [-0.2, -0.15) is 0 Å². The van der Waals surface area contributed by atoms with E-state index in [1.807, 2.05) is 0 Å². The van der Waals surface area contributed by atoms with Crippen LogP contribution in [0.4, 0.5) is 0 Å². The fourth-order valence-corrected chi connectivity index (χ4v) is 2.63. The first kappa shape index (κ1) is 11.0. The molecule has 1 nitrogen and oxygen atoms in total. The maximum absolute atomic E-state index is 3.50. The van der Waals surface area contributed by atoms with Crippen molar-refractivity contribution in [3.63, 3.8) is 0 Å². The van der Waals surface area contributed by atoms with E-state index in [2.05, 4.69) is 39.9 Å². The molecule has 0 aromatic heterocycles. The molecule has 1 saturated heterocycles. The lowest BCUT2D eigenvalue weighted by Crippen LogP contribution is -2.46. The Bertz CT molecular complexity index is 161. The normalized spacial score (nSPS) is 30.5. The van der Waals surface area contributed by atoms with Crippen LogP contribution in [0, 0.1) is 23.2 Å². The molecule has 0 saturated carbocycles. The summed E-state index contributed by atoms with van der Waals surface area (Å²) in [5.74, 6) is 2.58. The number of rotatable bonds is 2. The van der Waals surface area contributed by atoms with Crippen LogP contribution in [-0.2, 0) is 0 Å². The second-order valence-electron chi connectivity index (χ2n) is 5.66. The molecule has 0 spiro atoms. The van der Waals surface area contributed by atoms with Gasteiger partial charge in [0.25, 0.3) is 0 Å². The maximum Gasteiger partial charge on any atom is 0.000528 e. The lowest BCUT2D eigenvalue weighted by Gasteiger charge is -2.43. The van der Waals surface area contributed by atoms with E-state index in [1.165, 1.54) is 19.5 Å². The molecule has 13 heavy (non-hydrogen) atoms. The van der Waals surface area contributed by atoms with Crippen molar-refractivity contribution >= 4 is 0 Å². The molecule has 1 aliphatic rings. The van der Waals surface area contributed by atoms with Crippen LogP contribution in [0.2, 0.25) is 0 Å². The highest BCUT2D eigenvalue weighted by Crippen LogP contribution is 2.39. The Hall–Kier alpha value is -0.0400. The van der Waals surface area contributed by atoms with Gasteiger partial charge in [-0.15, -0.1) is 0 Å². The Morgan fingerprint density at radius 2 is 1.85 bits per heavy atom. The molecule has 0 amide bonds. The van der Waals surface area contributed by atoms with Gasteiger partial charge in [0.1, 0.15) is 0 Å². The predicted molar refractivity (Wildman–Crippen MR) is 58.8 cm³/mol. The van der Waals surface area contributed by atoms with Crippen molar-refractivity contribution in [2.75, 3.05) is 13.1 Å². The van der Waals surface area contributed by atoms with E-state index in [-0.39, 0.29) is 0 Å². The van der Waals surface area contributed by atoms with E-state index in [4.69, 9.17) is 0 Å². The fourth-order valence-electron chi connectivity index (χ4n) is 2.63. The lowest BCUT2D eigenvalue weighted by atomic mass is 9.66. The molecule has 2 unspecified atom stereocenters. The van der Waals surface area contributed by atoms with Crippen molar-refractivity contribution in [3.8, 4) is 0 Å². The first-order chi connectivity index (χ1) is 5.95. The summed E-state index contributed by atoms with van der Waals surface area (Å²) in [5.41, 5.74) is 0.488. The Kier molecular flexibility index (Phi) is 3.39. The SMILES string of the molecule is CC(C)C(C)C1CCNCC1(C)C. The molecule has 0 aromatic rings. The van der Waals surface area contributed by atoms with E-state index in [9.17, 15) is 0 Å². The van der Waals surface area contributed by atoms with Gasteiger partial charge >= 0.3 is 0 Å². The van der Waals surface area contributed by atoms with Gasteiger partial charge in [-0.1, -0.05) is 34.6 Å². The van der Waals surface area contributed by atoms with Crippen LogP contribution < -0.4 is 5.32 Å². The van der Waals surface area contributed by atoms with Crippen molar-refractivity contribution < 1.29 is 0 Å². The fraction of sp³-hybridized carbons (Fsp3) is 1.00. The van der Waals surface area contributed by atoms with Crippen LogP contribution in [0.5, 0.6) is 0 Å². The molecule has 78 valence electrons. The van der Waals surface area contributed by atoms with Gasteiger partial charge in [-0.25, -0.2) is 0 Å². The van der Waals surface area contributed by atoms with Crippen LogP contribution in [0.1, 0.15) is 41.0 Å². The smallest absolute Gasteiger partial charge is 0.000528 e. The van der Waals surface area contributed by atoms with Gasteiger partial charge < -0.3 is 5.32 Å². The van der Waals surface area contributed by atoms with E-state index < -0.39 is 0 Å². The quantitative estimate of drug-likeness (QED) is 0.694. The molecule has 1 N–H and O–H groups in total. The zero-order valence-corrected chi connectivity index (χ0v) is 9.85. The molecule has 1 fully saturated rings. The van der Waals surface area contributed by atoms with Crippen molar-refractivity contribution in [1.29, 1.82) is 0 Å². The van der Waals surface area contributed by atoms with E-state index in [0.717, 1.165) is 17.8 Å². The Morgan fingerprint density at radius 3 is 2.31 bits per heavy atom. The van der Waals surface area contributed by atoms with Crippen LogP contribution in [-0.4, -0.2) is 13.1 Å². The summed E-state index contributed by atoms with van der Waals surface area (Å²) >= 11 is 0. The molecule has 0 bridgehead atoms. The molecule has 0 aromatic carbocycles. The monoisotopic (exact) mass is 183 g/mol. The molecule has 1 heteroatoms. The van der Waals surface area contributed by atoms with Crippen molar-refractivity contribution in [3.05, 3.63) is 0 Å². The maximum atomic E-state index is 3.50. The average Bonchev–Trinajstić information content (AvgIpc) is 2.02. The van der Waals surface area contributed by atoms with Gasteiger partial charge in [-0.3, -0.25) is 0 Å². The third-order valence-corrected chi connectivity index (χ3v) is 3.90. The van der Waals surface area contributed by atoms with Crippen molar-refractivity contribution in [1.82, 2.24) is 5.32 Å².